The van der Waals surface area contributed by atoms with Gasteiger partial charge in [-0.05, 0) is 122 Å². The largest absolute Gasteiger partial charge is 0.393 e. The predicted octanol–water partition coefficient (Wildman–Crippen LogP) is 5.98. The first-order valence-corrected chi connectivity index (χ1v) is 15.4. The van der Waals surface area contributed by atoms with Gasteiger partial charge in [0.05, 0.1) is 12.2 Å². The standard InChI is InChI=1S/C33H49NO3/c1-21(8-11-30(37)34-17-14-22-6-4-5-7-23(22)20-34)26-9-10-27-31-28(13-16-33(26,27)3)32(2)15-12-25(35)18-24(32)19-29(31)36/h4-7,21,24-29,31,35-36H,8-20H2,1-3H3/t21-,24+,25-,26-,27+,28+,29+,31+,32+,33-/m1/s1. The summed E-state index contributed by atoms with van der Waals surface area (Å²) in [6.45, 7) is 9.06. The van der Waals surface area contributed by atoms with E-state index < -0.39 is 0 Å². The topological polar surface area (TPSA) is 60.8 Å². The molecule has 0 saturated heterocycles. The van der Waals surface area contributed by atoms with E-state index in [1.165, 1.54) is 36.8 Å². The smallest absolute Gasteiger partial charge is 0.222 e. The van der Waals surface area contributed by atoms with Crippen molar-refractivity contribution in [2.24, 2.45) is 46.3 Å². The number of fused-ring (bicyclic) bond motifs is 6. The quantitative estimate of drug-likeness (QED) is 0.527. The number of aliphatic hydroxyl groups is 2. The number of benzene rings is 1. The third kappa shape index (κ3) is 4.29. The Balaban J connectivity index is 1.10. The van der Waals surface area contributed by atoms with Crippen LogP contribution in [-0.4, -0.2) is 39.8 Å². The zero-order chi connectivity index (χ0) is 25.9. The molecule has 1 heterocycles. The zero-order valence-electron chi connectivity index (χ0n) is 23.4. The van der Waals surface area contributed by atoms with Crippen molar-refractivity contribution in [2.45, 2.75) is 110 Å². The number of rotatable bonds is 4. The van der Waals surface area contributed by atoms with Gasteiger partial charge in [0.15, 0.2) is 0 Å². The molecule has 4 aliphatic carbocycles. The number of carbonyl (C=O) groups excluding carboxylic acids is 1. The minimum absolute atomic E-state index is 0.171. The van der Waals surface area contributed by atoms with Crippen LogP contribution in [0.1, 0.15) is 96.1 Å². The van der Waals surface area contributed by atoms with Gasteiger partial charge < -0.3 is 15.1 Å². The van der Waals surface area contributed by atoms with E-state index in [1.54, 1.807) is 0 Å². The molecule has 4 nitrogen and oxygen atoms in total. The minimum atomic E-state index is -0.212. The third-order valence-corrected chi connectivity index (χ3v) is 12.7. The number of hydrogen-bond acceptors (Lipinski definition) is 3. The normalized spacial score (nSPS) is 43.8. The second-order valence-electron chi connectivity index (χ2n) is 14.3. The molecule has 5 aliphatic rings. The highest BCUT2D eigenvalue weighted by Crippen LogP contribution is 2.68. The molecule has 1 amide bonds. The van der Waals surface area contributed by atoms with Gasteiger partial charge in [-0.15, -0.1) is 0 Å². The second-order valence-corrected chi connectivity index (χ2v) is 14.3. The van der Waals surface area contributed by atoms with Crippen molar-refractivity contribution in [3.8, 4) is 0 Å². The van der Waals surface area contributed by atoms with Crippen LogP contribution in [0, 0.1) is 46.3 Å². The van der Waals surface area contributed by atoms with E-state index in [9.17, 15) is 15.0 Å². The van der Waals surface area contributed by atoms with Crippen molar-refractivity contribution in [1.82, 2.24) is 4.90 Å². The van der Waals surface area contributed by atoms with Gasteiger partial charge in [0.1, 0.15) is 0 Å². The first kappa shape index (κ1) is 25.9. The summed E-state index contributed by atoms with van der Waals surface area (Å²) >= 11 is 0. The molecule has 1 aliphatic heterocycles. The fourth-order valence-corrected chi connectivity index (χ4v) is 10.6. The maximum absolute atomic E-state index is 13.2. The minimum Gasteiger partial charge on any atom is -0.393 e. The van der Waals surface area contributed by atoms with Crippen LogP contribution in [0.3, 0.4) is 0 Å². The summed E-state index contributed by atoms with van der Waals surface area (Å²) in [6, 6.07) is 8.56. The first-order chi connectivity index (χ1) is 17.7. The van der Waals surface area contributed by atoms with E-state index in [2.05, 4.69) is 49.9 Å². The van der Waals surface area contributed by atoms with Gasteiger partial charge in [0, 0.05) is 19.5 Å². The summed E-state index contributed by atoms with van der Waals surface area (Å²) in [5, 5.41) is 21.8. The fourth-order valence-electron chi connectivity index (χ4n) is 10.6. The lowest BCUT2D eigenvalue weighted by molar-refractivity contribution is -0.174. The van der Waals surface area contributed by atoms with E-state index in [0.717, 1.165) is 51.6 Å². The zero-order valence-corrected chi connectivity index (χ0v) is 23.4. The van der Waals surface area contributed by atoms with Gasteiger partial charge >= 0.3 is 0 Å². The Labute approximate surface area is 224 Å². The molecule has 1 aromatic rings. The van der Waals surface area contributed by atoms with Crippen molar-refractivity contribution >= 4 is 5.91 Å². The van der Waals surface area contributed by atoms with Crippen LogP contribution in [-0.2, 0) is 17.8 Å². The summed E-state index contributed by atoms with van der Waals surface area (Å²) in [5.41, 5.74) is 3.28. The van der Waals surface area contributed by atoms with E-state index in [-0.39, 0.29) is 23.0 Å². The van der Waals surface area contributed by atoms with Crippen molar-refractivity contribution in [2.75, 3.05) is 6.54 Å². The summed E-state index contributed by atoms with van der Waals surface area (Å²) in [5.74, 6) is 3.62. The van der Waals surface area contributed by atoms with Gasteiger partial charge in [-0.2, -0.15) is 0 Å². The molecule has 4 saturated carbocycles. The highest BCUT2D eigenvalue weighted by atomic mass is 16.3. The van der Waals surface area contributed by atoms with Crippen molar-refractivity contribution in [3.63, 3.8) is 0 Å². The summed E-state index contributed by atoms with van der Waals surface area (Å²) in [7, 11) is 0. The highest BCUT2D eigenvalue weighted by molar-refractivity contribution is 5.76. The first-order valence-electron chi connectivity index (χ1n) is 15.4. The molecule has 6 rings (SSSR count). The maximum atomic E-state index is 13.2. The number of carbonyl (C=O) groups is 1. The number of aliphatic hydroxyl groups excluding tert-OH is 2. The second kappa shape index (κ2) is 9.66. The maximum Gasteiger partial charge on any atom is 0.222 e. The van der Waals surface area contributed by atoms with Crippen molar-refractivity contribution in [3.05, 3.63) is 35.4 Å². The number of hydrogen-bond donors (Lipinski definition) is 2. The van der Waals surface area contributed by atoms with Crippen molar-refractivity contribution in [1.29, 1.82) is 0 Å². The average molecular weight is 508 g/mol. The number of amides is 1. The van der Waals surface area contributed by atoms with Gasteiger partial charge in [0.2, 0.25) is 5.91 Å². The molecule has 0 radical (unpaired) electrons. The van der Waals surface area contributed by atoms with Crippen LogP contribution >= 0.6 is 0 Å². The predicted molar refractivity (Wildman–Crippen MR) is 147 cm³/mol. The lowest BCUT2D eigenvalue weighted by Gasteiger charge is -2.62. The highest BCUT2D eigenvalue weighted by Gasteiger charge is 2.62. The molecule has 2 N–H and O–H groups in total. The molecule has 4 fully saturated rings. The molecule has 4 heteroatoms. The SMILES string of the molecule is C[C@H](CCC(=O)N1CCc2ccccc2C1)[C@H]1CC[C@H]2[C@@H]3[C@@H](O)C[C@@H]4C[C@H](O)CC[C@]4(C)[C@H]3CC[C@]12C. The van der Waals surface area contributed by atoms with Gasteiger partial charge in [0.25, 0.3) is 0 Å². The molecule has 0 unspecified atom stereocenters. The van der Waals surface area contributed by atoms with Gasteiger partial charge in [-0.1, -0.05) is 45.0 Å². The van der Waals surface area contributed by atoms with Crippen LogP contribution in [0.15, 0.2) is 24.3 Å². The molecule has 0 spiro atoms. The van der Waals surface area contributed by atoms with Crippen LogP contribution in [0.25, 0.3) is 0 Å². The van der Waals surface area contributed by atoms with Gasteiger partial charge in [-0.3, -0.25) is 4.79 Å². The molecule has 0 aromatic heterocycles. The lowest BCUT2D eigenvalue weighted by Crippen LogP contribution is -2.58. The van der Waals surface area contributed by atoms with Crippen molar-refractivity contribution < 1.29 is 15.0 Å². The molecule has 1 aromatic carbocycles. The van der Waals surface area contributed by atoms with Crippen LogP contribution in [0.2, 0.25) is 0 Å². The average Bonchev–Trinajstić information content (AvgIpc) is 3.25. The molecule has 37 heavy (non-hydrogen) atoms. The monoisotopic (exact) mass is 507 g/mol. The fraction of sp³-hybridized carbons (Fsp3) is 0.788. The van der Waals surface area contributed by atoms with Crippen LogP contribution in [0.5, 0.6) is 0 Å². The summed E-state index contributed by atoms with van der Waals surface area (Å²) in [6.07, 6.45) is 11.1. The Kier molecular flexibility index (Phi) is 6.75. The Bertz CT molecular complexity index is 1010. The Morgan fingerprint density at radius 3 is 2.54 bits per heavy atom. The lowest BCUT2D eigenvalue weighted by atomic mass is 9.43. The number of nitrogens with zero attached hydrogens (tertiary/aromatic N) is 1. The Hall–Kier alpha value is -1.39. The molecule has 0 bridgehead atoms. The Morgan fingerprint density at radius 1 is 1.00 bits per heavy atom. The molecule has 10 atom stereocenters. The molecular weight excluding hydrogens is 458 g/mol. The summed E-state index contributed by atoms with van der Waals surface area (Å²) in [4.78, 5) is 15.3. The third-order valence-electron chi connectivity index (χ3n) is 12.7. The van der Waals surface area contributed by atoms with E-state index in [4.69, 9.17) is 0 Å². The van der Waals surface area contributed by atoms with Gasteiger partial charge in [-0.25, -0.2) is 0 Å². The molecule has 204 valence electrons. The molecular formula is C33H49NO3. The summed E-state index contributed by atoms with van der Waals surface area (Å²) < 4.78 is 0. The van der Waals surface area contributed by atoms with Crippen LogP contribution < -0.4 is 0 Å². The van der Waals surface area contributed by atoms with Crippen LogP contribution in [0.4, 0.5) is 0 Å². The van der Waals surface area contributed by atoms with E-state index in [1.807, 2.05) is 0 Å². The van der Waals surface area contributed by atoms with E-state index in [0.29, 0.717) is 47.8 Å². The van der Waals surface area contributed by atoms with E-state index >= 15 is 0 Å². The Morgan fingerprint density at radius 2 is 1.73 bits per heavy atom.